The molecule has 0 bridgehead atoms. The molecular weight excluding hydrogens is 298 g/mol. The van der Waals surface area contributed by atoms with Gasteiger partial charge >= 0.3 is 5.97 Å². The Morgan fingerprint density at radius 2 is 2.04 bits per heavy atom. The van der Waals surface area contributed by atoms with E-state index in [9.17, 15) is 4.79 Å². The van der Waals surface area contributed by atoms with Crippen molar-refractivity contribution < 1.29 is 9.53 Å². The number of nitrogens with one attached hydrogen (secondary N) is 1. The molecule has 0 aromatic heterocycles. The van der Waals surface area contributed by atoms with E-state index in [0.717, 1.165) is 12.1 Å². The summed E-state index contributed by atoms with van der Waals surface area (Å²) in [5, 5.41) is 3.69. The normalized spacial score (nSPS) is 24.0. The van der Waals surface area contributed by atoms with Crippen LogP contribution in [0.1, 0.15) is 46.8 Å². The highest BCUT2D eigenvalue weighted by molar-refractivity contribution is 5.90. The molecule has 0 spiro atoms. The van der Waals surface area contributed by atoms with Gasteiger partial charge in [0.05, 0.1) is 18.2 Å². The van der Waals surface area contributed by atoms with Gasteiger partial charge in [0.2, 0.25) is 0 Å². The monoisotopic (exact) mass is 319 g/mol. The van der Waals surface area contributed by atoms with Gasteiger partial charge in [0, 0.05) is 11.6 Å². The van der Waals surface area contributed by atoms with Gasteiger partial charge in [-0.3, -0.25) is 0 Å². The summed E-state index contributed by atoms with van der Waals surface area (Å²) in [5.41, 5.74) is 4.27. The van der Waals surface area contributed by atoms with Crippen LogP contribution in [0.25, 0.3) is 0 Å². The van der Waals surface area contributed by atoms with Crippen LogP contribution in [0, 0.1) is 5.92 Å². The SMILES string of the molecule is CCOC(=O)c1ccc2c(c1)[C@@H]1C=CC[C@@H]1[C@H](c1ccccc1)N2. The molecule has 3 nitrogen and oxygen atoms in total. The van der Waals surface area contributed by atoms with E-state index in [2.05, 4.69) is 47.8 Å². The molecule has 0 amide bonds. The van der Waals surface area contributed by atoms with Crippen molar-refractivity contribution in [1.29, 1.82) is 0 Å². The quantitative estimate of drug-likeness (QED) is 0.659. The Labute approximate surface area is 142 Å². The van der Waals surface area contributed by atoms with Gasteiger partial charge in [0.25, 0.3) is 0 Å². The number of allylic oxidation sites excluding steroid dienone is 2. The van der Waals surface area contributed by atoms with E-state index >= 15 is 0 Å². The van der Waals surface area contributed by atoms with E-state index in [-0.39, 0.29) is 5.97 Å². The topological polar surface area (TPSA) is 38.3 Å². The summed E-state index contributed by atoms with van der Waals surface area (Å²) in [6.07, 6.45) is 5.61. The van der Waals surface area contributed by atoms with Crippen LogP contribution in [-0.2, 0) is 4.74 Å². The van der Waals surface area contributed by atoms with Crippen LogP contribution < -0.4 is 5.32 Å². The highest BCUT2D eigenvalue weighted by atomic mass is 16.5. The predicted molar refractivity (Wildman–Crippen MR) is 95.2 cm³/mol. The molecule has 0 fully saturated rings. The van der Waals surface area contributed by atoms with Gasteiger partial charge in [-0.25, -0.2) is 4.79 Å². The number of carbonyl (C=O) groups excluding carboxylic acids is 1. The average Bonchev–Trinajstić information content (AvgIpc) is 3.11. The molecule has 1 heterocycles. The molecule has 122 valence electrons. The molecule has 0 radical (unpaired) electrons. The molecule has 1 N–H and O–H groups in total. The van der Waals surface area contributed by atoms with Crippen LogP contribution in [-0.4, -0.2) is 12.6 Å². The summed E-state index contributed by atoms with van der Waals surface area (Å²) in [6.45, 7) is 2.23. The molecule has 2 aliphatic rings. The molecule has 0 saturated carbocycles. The van der Waals surface area contributed by atoms with Gasteiger partial charge in [-0.2, -0.15) is 0 Å². The van der Waals surface area contributed by atoms with Crippen LogP contribution >= 0.6 is 0 Å². The second-order valence-corrected chi connectivity index (χ2v) is 6.41. The molecule has 3 heteroatoms. The third-order valence-electron chi connectivity index (χ3n) is 5.03. The van der Waals surface area contributed by atoms with Crippen LogP contribution in [0.4, 0.5) is 5.69 Å². The van der Waals surface area contributed by atoms with E-state index in [1.165, 1.54) is 11.1 Å². The molecule has 1 aliphatic carbocycles. The third-order valence-corrected chi connectivity index (χ3v) is 5.03. The number of esters is 1. The van der Waals surface area contributed by atoms with E-state index < -0.39 is 0 Å². The maximum absolute atomic E-state index is 12.0. The van der Waals surface area contributed by atoms with E-state index in [4.69, 9.17) is 4.74 Å². The Morgan fingerprint density at radius 3 is 2.83 bits per heavy atom. The number of benzene rings is 2. The third kappa shape index (κ3) is 2.50. The van der Waals surface area contributed by atoms with Crippen molar-refractivity contribution in [2.24, 2.45) is 5.92 Å². The Bertz CT molecular complexity index is 782. The summed E-state index contributed by atoms with van der Waals surface area (Å²) >= 11 is 0. The largest absolute Gasteiger partial charge is 0.462 e. The van der Waals surface area contributed by atoms with E-state index in [1.807, 2.05) is 25.1 Å². The number of anilines is 1. The van der Waals surface area contributed by atoms with Crippen molar-refractivity contribution in [3.63, 3.8) is 0 Å². The summed E-state index contributed by atoms with van der Waals surface area (Å²) in [4.78, 5) is 12.0. The van der Waals surface area contributed by atoms with E-state index in [0.29, 0.717) is 30.0 Å². The Kier molecular flexibility index (Phi) is 3.85. The summed E-state index contributed by atoms with van der Waals surface area (Å²) in [5.74, 6) is 0.585. The predicted octanol–water partition coefficient (Wildman–Crippen LogP) is 4.69. The molecule has 0 unspecified atom stereocenters. The highest BCUT2D eigenvalue weighted by Crippen LogP contribution is 2.49. The second-order valence-electron chi connectivity index (χ2n) is 6.41. The maximum atomic E-state index is 12.0. The lowest BCUT2D eigenvalue weighted by Gasteiger charge is -2.37. The Morgan fingerprint density at radius 1 is 1.21 bits per heavy atom. The lowest BCUT2D eigenvalue weighted by Crippen LogP contribution is -2.29. The standard InChI is InChI=1S/C21H21NO2/c1-2-24-21(23)15-11-12-19-18(13-15)16-9-6-10-17(16)20(22-19)14-7-4-3-5-8-14/h3-9,11-13,16-17,20,22H,2,10H2,1H3/t16-,17+,20+/m1/s1. The van der Waals surface area contributed by atoms with Crippen molar-refractivity contribution >= 4 is 11.7 Å². The number of fused-ring (bicyclic) bond motifs is 3. The number of ether oxygens (including phenoxy) is 1. The zero-order valence-corrected chi connectivity index (χ0v) is 13.7. The molecule has 4 rings (SSSR count). The smallest absolute Gasteiger partial charge is 0.338 e. The molecule has 2 aromatic carbocycles. The fourth-order valence-electron chi connectivity index (χ4n) is 3.93. The second kappa shape index (κ2) is 6.16. The van der Waals surface area contributed by atoms with Gasteiger partial charge in [0.15, 0.2) is 0 Å². The van der Waals surface area contributed by atoms with Gasteiger partial charge in [-0.1, -0.05) is 42.5 Å². The lowest BCUT2D eigenvalue weighted by molar-refractivity contribution is 0.0526. The summed E-state index contributed by atoms with van der Waals surface area (Å²) < 4.78 is 5.14. The van der Waals surface area contributed by atoms with Gasteiger partial charge in [0.1, 0.15) is 0 Å². The van der Waals surface area contributed by atoms with Crippen molar-refractivity contribution in [3.05, 3.63) is 77.4 Å². The van der Waals surface area contributed by atoms with Crippen molar-refractivity contribution in [1.82, 2.24) is 0 Å². The zero-order chi connectivity index (χ0) is 16.5. The number of hydrogen-bond acceptors (Lipinski definition) is 3. The van der Waals surface area contributed by atoms with Crippen molar-refractivity contribution in [3.8, 4) is 0 Å². The first-order valence-electron chi connectivity index (χ1n) is 8.57. The first kappa shape index (κ1) is 15.0. The molecule has 2 aromatic rings. The highest BCUT2D eigenvalue weighted by Gasteiger charge is 2.38. The molecular formula is C21H21NO2. The van der Waals surface area contributed by atoms with Gasteiger partial charge < -0.3 is 10.1 Å². The van der Waals surface area contributed by atoms with E-state index in [1.54, 1.807) is 0 Å². The van der Waals surface area contributed by atoms with Gasteiger partial charge in [-0.05, 0) is 48.6 Å². The fraction of sp³-hybridized carbons (Fsp3) is 0.286. The molecule has 3 atom stereocenters. The Balaban J connectivity index is 1.72. The minimum atomic E-state index is -0.246. The first-order chi connectivity index (χ1) is 11.8. The van der Waals surface area contributed by atoms with Crippen molar-refractivity contribution in [2.75, 3.05) is 11.9 Å². The van der Waals surface area contributed by atoms with Crippen LogP contribution in [0.3, 0.4) is 0 Å². The number of rotatable bonds is 3. The Hall–Kier alpha value is -2.55. The summed E-state index contributed by atoms with van der Waals surface area (Å²) in [7, 11) is 0. The van der Waals surface area contributed by atoms with Crippen LogP contribution in [0.2, 0.25) is 0 Å². The minimum absolute atomic E-state index is 0.246. The van der Waals surface area contributed by atoms with Gasteiger partial charge in [-0.15, -0.1) is 0 Å². The number of carbonyl (C=O) groups is 1. The molecule has 0 saturated heterocycles. The zero-order valence-electron chi connectivity index (χ0n) is 13.7. The maximum Gasteiger partial charge on any atom is 0.338 e. The molecule has 24 heavy (non-hydrogen) atoms. The first-order valence-corrected chi connectivity index (χ1v) is 8.57. The minimum Gasteiger partial charge on any atom is -0.462 e. The summed E-state index contributed by atoms with van der Waals surface area (Å²) in [6, 6.07) is 16.8. The van der Waals surface area contributed by atoms with Crippen molar-refractivity contribution in [2.45, 2.75) is 25.3 Å². The average molecular weight is 319 g/mol. The lowest BCUT2D eigenvalue weighted by atomic mass is 9.76. The van der Waals surface area contributed by atoms with Crippen LogP contribution in [0.5, 0.6) is 0 Å². The number of hydrogen-bond donors (Lipinski definition) is 1. The molecule has 1 aliphatic heterocycles. The fourth-order valence-corrected chi connectivity index (χ4v) is 3.93. The van der Waals surface area contributed by atoms with Crippen LogP contribution in [0.15, 0.2) is 60.7 Å².